The lowest BCUT2D eigenvalue weighted by Gasteiger charge is -2.34. The van der Waals surface area contributed by atoms with E-state index in [0.29, 0.717) is 6.54 Å². The molecule has 0 aliphatic carbocycles. The Hall–Kier alpha value is -1.67. The highest BCUT2D eigenvalue weighted by Crippen LogP contribution is 2.11. The van der Waals surface area contributed by atoms with E-state index in [4.69, 9.17) is 4.74 Å². The summed E-state index contributed by atoms with van der Waals surface area (Å²) in [6.07, 6.45) is 5.64. The molecule has 2 aliphatic heterocycles. The van der Waals surface area contributed by atoms with Crippen molar-refractivity contribution in [2.24, 2.45) is 0 Å². The first kappa shape index (κ1) is 15.2. The van der Waals surface area contributed by atoms with Crippen LogP contribution in [0.4, 0.5) is 4.79 Å². The van der Waals surface area contributed by atoms with Crippen LogP contribution in [0.2, 0.25) is 0 Å². The molecule has 8 heteroatoms. The van der Waals surface area contributed by atoms with Crippen molar-refractivity contribution in [1.82, 2.24) is 29.9 Å². The number of carbonyl (C=O) groups excluding carboxylic acids is 1. The van der Waals surface area contributed by atoms with Gasteiger partial charge in [-0.15, -0.1) is 0 Å². The number of ether oxygens (including phenoxy) is 1. The van der Waals surface area contributed by atoms with Gasteiger partial charge in [0.15, 0.2) is 0 Å². The van der Waals surface area contributed by atoms with Crippen LogP contribution in [0, 0.1) is 0 Å². The standard InChI is InChI=1S/C14H24N6O2/c21-14(16-10-13-2-1-9-22-13)19-6-3-18(4-7-19)5-8-20-12-15-11-17-20/h11-13H,1-10H2,(H,16,21)/t13-/m0/s1. The normalized spacial score (nSPS) is 22.9. The van der Waals surface area contributed by atoms with Gasteiger partial charge in [0.2, 0.25) is 0 Å². The SMILES string of the molecule is O=C(NC[C@@H]1CCCO1)N1CCN(CCn2cncn2)CC1. The molecule has 0 unspecified atom stereocenters. The maximum absolute atomic E-state index is 12.1. The van der Waals surface area contributed by atoms with Crippen molar-refractivity contribution in [3.63, 3.8) is 0 Å². The number of piperazine rings is 1. The summed E-state index contributed by atoms with van der Waals surface area (Å²) in [5.74, 6) is 0. The van der Waals surface area contributed by atoms with Crippen LogP contribution in [-0.4, -0.2) is 82.6 Å². The topological polar surface area (TPSA) is 75.5 Å². The minimum Gasteiger partial charge on any atom is -0.376 e. The zero-order valence-corrected chi connectivity index (χ0v) is 12.9. The third-order valence-corrected chi connectivity index (χ3v) is 4.28. The summed E-state index contributed by atoms with van der Waals surface area (Å²) in [4.78, 5) is 20.3. The lowest BCUT2D eigenvalue weighted by atomic mass is 10.2. The molecule has 2 saturated heterocycles. The molecule has 2 amide bonds. The van der Waals surface area contributed by atoms with Crippen molar-refractivity contribution in [1.29, 1.82) is 0 Å². The molecule has 2 fully saturated rings. The van der Waals surface area contributed by atoms with Crippen LogP contribution < -0.4 is 5.32 Å². The van der Waals surface area contributed by atoms with Gasteiger partial charge in [0.05, 0.1) is 12.6 Å². The maximum Gasteiger partial charge on any atom is 0.317 e. The predicted octanol–water partition coefficient (Wildman–Crippen LogP) is -0.216. The van der Waals surface area contributed by atoms with Crippen LogP contribution in [0.5, 0.6) is 0 Å². The molecule has 3 heterocycles. The van der Waals surface area contributed by atoms with Gasteiger partial charge >= 0.3 is 6.03 Å². The van der Waals surface area contributed by atoms with Gasteiger partial charge in [-0.25, -0.2) is 9.78 Å². The van der Waals surface area contributed by atoms with Gasteiger partial charge in [-0.1, -0.05) is 0 Å². The van der Waals surface area contributed by atoms with Crippen LogP contribution >= 0.6 is 0 Å². The smallest absolute Gasteiger partial charge is 0.317 e. The molecule has 1 atom stereocenters. The van der Waals surface area contributed by atoms with Gasteiger partial charge in [-0.2, -0.15) is 5.10 Å². The molecule has 122 valence electrons. The van der Waals surface area contributed by atoms with Crippen LogP contribution in [0.1, 0.15) is 12.8 Å². The molecule has 0 spiro atoms. The Morgan fingerprint density at radius 3 is 2.82 bits per heavy atom. The Labute approximate surface area is 130 Å². The van der Waals surface area contributed by atoms with Gasteiger partial charge in [0.25, 0.3) is 0 Å². The average Bonchev–Trinajstić information content (AvgIpc) is 3.24. The summed E-state index contributed by atoms with van der Waals surface area (Å²) in [6, 6.07) is 0.0337. The summed E-state index contributed by atoms with van der Waals surface area (Å²) >= 11 is 0. The number of rotatable bonds is 5. The van der Waals surface area contributed by atoms with Crippen molar-refractivity contribution >= 4 is 6.03 Å². The zero-order chi connectivity index (χ0) is 15.2. The molecule has 2 aliphatic rings. The third kappa shape index (κ3) is 4.17. The zero-order valence-electron chi connectivity index (χ0n) is 12.9. The second-order valence-corrected chi connectivity index (χ2v) is 5.81. The minimum atomic E-state index is 0.0337. The van der Waals surface area contributed by atoms with Crippen molar-refractivity contribution < 1.29 is 9.53 Å². The quantitative estimate of drug-likeness (QED) is 0.814. The van der Waals surface area contributed by atoms with E-state index in [1.165, 1.54) is 0 Å². The van der Waals surface area contributed by atoms with E-state index < -0.39 is 0 Å². The Balaban J connectivity index is 1.33. The Morgan fingerprint density at radius 1 is 1.27 bits per heavy atom. The molecule has 3 rings (SSSR count). The third-order valence-electron chi connectivity index (χ3n) is 4.28. The van der Waals surface area contributed by atoms with Crippen molar-refractivity contribution in [3.8, 4) is 0 Å². The lowest BCUT2D eigenvalue weighted by Crippen LogP contribution is -2.53. The summed E-state index contributed by atoms with van der Waals surface area (Å²) in [5.41, 5.74) is 0. The van der Waals surface area contributed by atoms with Gasteiger partial charge in [0.1, 0.15) is 12.7 Å². The molecular weight excluding hydrogens is 284 g/mol. The summed E-state index contributed by atoms with van der Waals surface area (Å²) < 4.78 is 7.35. The Bertz CT molecular complexity index is 452. The van der Waals surface area contributed by atoms with Gasteiger partial charge in [-0.3, -0.25) is 9.58 Å². The number of urea groups is 1. The molecule has 1 aromatic rings. The van der Waals surface area contributed by atoms with E-state index >= 15 is 0 Å². The van der Waals surface area contributed by atoms with E-state index in [2.05, 4.69) is 20.3 Å². The second kappa shape index (κ2) is 7.55. The molecule has 0 bridgehead atoms. The number of aromatic nitrogens is 3. The molecule has 0 aromatic carbocycles. The summed E-state index contributed by atoms with van der Waals surface area (Å²) in [7, 11) is 0. The highest BCUT2D eigenvalue weighted by Gasteiger charge is 2.22. The largest absolute Gasteiger partial charge is 0.376 e. The molecule has 0 saturated carbocycles. The predicted molar refractivity (Wildman–Crippen MR) is 80.4 cm³/mol. The minimum absolute atomic E-state index is 0.0337. The van der Waals surface area contributed by atoms with Crippen LogP contribution in [0.25, 0.3) is 0 Å². The van der Waals surface area contributed by atoms with Gasteiger partial charge in [0, 0.05) is 45.9 Å². The van der Waals surface area contributed by atoms with Gasteiger partial charge in [-0.05, 0) is 12.8 Å². The number of nitrogens with one attached hydrogen (secondary N) is 1. The summed E-state index contributed by atoms with van der Waals surface area (Å²) in [5, 5.41) is 7.08. The van der Waals surface area contributed by atoms with Crippen LogP contribution in [0.3, 0.4) is 0 Å². The van der Waals surface area contributed by atoms with E-state index in [9.17, 15) is 4.79 Å². The number of amides is 2. The summed E-state index contributed by atoms with van der Waals surface area (Å²) in [6.45, 7) is 6.59. The number of hydrogen-bond donors (Lipinski definition) is 1. The van der Waals surface area contributed by atoms with E-state index in [1.807, 2.05) is 9.58 Å². The first-order chi connectivity index (χ1) is 10.8. The van der Waals surface area contributed by atoms with Crippen LogP contribution in [-0.2, 0) is 11.3 Å². The molecule has 8 nitrogen and oxygen atoms in total. The molecular formula is C14H24N6O2. The van der Waals surface area contributed by atoms with E-state index in [1.54, 1.807) is 12.7 Å². The fourth-order valence-corrected chi connectivity index (χ4v) is 2.88. The van der Waals surface area contributed by atoms with Crippen molar-refractivity contribution in [2.45, 2.75) is 25.5 Å². The Kier molecular flexibility index (Phi) is 5.23. The monoisotopic (exact) mass is 308 g/mol. The Morgan fingerprint density at radius 2 is 2.14 bits per heavy atom. The van der Waals surface area contributed by atoms with Crippen molar-refractivity contribution in [2.75, 3.05) is 45.9 Å². The first-order valence-corrected chi connectivity index (χ1v) is 8.00. The van der Waals surface area contributed by atoms with Gasteiger partial charge < -0.3 is 15.0 Å². The van der Waals surface area contributed by atoms with Crippen LogP contribution in [0.15, 0.2) is 12.7 Å². The maximum atomic E-state index is 12.1. The molecule has 1 N–H and O–H groups in total. The number of nitrogens with zero attached hydrogens (tertiary/aromatic N) is 5. The number of carbonyl (C=O) groups is 1. The fourth-order valence-electron chi connectivity index (χ4n) is 2.88. The van der Waals surface area contributed by atoms with Crippen molar-refractivity contribution in [3.05, 3.63) is 12.7 Å². The number of hydrogen-bond acceptors (Lipinski definition) is 5. The fraction of sp³-hybridized carbons (Fsp3) is 0.786. The van der Waals surface area contributed by atoms with E-state index in [-0.39, 0.29) is 12.1 Å². The lowest BCUT2D eigenvalue weighted by molar-refractivity contribution is 0.104. The molecule has 1 aromatic heterocycles. The first-order valence-electron chi connectivity index (χ1n) is 8.00. The highest BCUT2D eigenvalue weighted by molar-refractivity contribution is 5.74. The molecule has 22 heavy (non-hydrogen) atoms. The van der Waals surface area contributed by atoms with E-state index in [0.717, 1.165) is 58.7 Å². The molecule has 0 radical (unpaired) electrons. The average molecular weight is 308 g/mol. The second-order valence-electron chi connectivity index (χ2n) is 5.81. The highest BCUT2D eigenvalue weighted by atomic mass is 16.5.